The van der Waals surface area contributed by atoms with Gasteiger partial charge in [0.25, 0.3) is 0 Å². The molecule has 1 aliphatic heterocycles. The van der Waals surface area contributed by atoms with Crippen LogP contribution in [-0.2, 0) is 16.1 Å². The number of carbonyl (C=O) groups excluding carboxylic acids is 1. The molecule has 0 aliphatic carbocycles. The largest absolute Gasteiger partial charge is 0.375 e. The highest BCUT2D eigenvalue weighted by molar-refractivity contribution is 5.82. The van der Waals surface area contributed by atoms with E-state index in [-0.39, 0.29) is 11.9 Å². The van der Waals surface area contributed by atoms with E-state index in [4.69, 9.17) is 4.74 Å². The molecule has 4 heteroatoms. The Kier molecular flexibility index (Phi) is 6.02. The molecule has 1 fully saturated rings. The van der Waals surface area contributed by atoms with Crippen LogP contribution in [0.5, 0.6) is 0 Å². The van der Waals surface area contributed by atoms with Crippen molar-refractivity contribution in [2.45, 2.75) is 31.9 Å². The van der Waals surface area contributed by atoms with Crippen molar-refractivity contribution in [3.8, 4) is 0 Å². The van der Waals surface area contributed by atoms with Gasteiger partial charge in [-0.1, -0.05) is 30.3 Å². The fraction of sp³-hybridized carbons (Fsp3) is 0.562. The van der Waals surface area contributed by atoms with Crippen LogP contribution in [-0.4, -0.2) is 43.6 Å². The quantitative estimate of drug-likeness (QED) is 0.861. The van der Waals surface area contributed by atoms with E-state index in [9.17, 15) is 4.79 Å². The number of likely N-dealkylation sites (N-methyl/N-ethyl adjacent to an activating group) is 1. The van der Waals surface area contributed by atoms with E-state index in [1.807, 2.05) is 42.3 Å². The smallest absolute Gasteiger partial charge is 0.242 e. The standard InChI is InChI=1S/C16H24N2O2/c1-17-15(16(19)18-10-6-3-7-11-18)13-20-12-14-8-4-2-5-9-14/h2,4-5,8-9,15,17H,3,6-7,10-13H2,1H3. The molecule has 0 radical (unpaired) electrons. The fourth-order valence-electron chi connectivity index (χ4n) is 2.48. The molecule has 110 valence electrons. The van der Waals surface area contributed by atoms with E-state index in [0.29, 0.717) is 13.2 Å². The van der Waals surface area contributed by atoms with Gasteiger partial charge in [-0.15, -0.1) is 0 Å². The molecule has 0 spiro atoms. The Labute approximate surface area is 121 Å². The molecular weight excluding hydrogens is 252 g/mol. The lowest BCUT2D eigenvalue weighted by atomic mass is 10.1. The summed E-state index contributed by atoms with van der Waals surface area (Å²) in [6, 6.07) is 9.79. The molecule has 1 aliphatic rings. The predicted molar refractivity (Wildman–Crippen MR) is 79.4 cm³/mol. The van der Waals surface area contributed by atoms with Crippen LogP contribution in [0.1, 0.15) is 24.8 Å². The van der Waals surface area contributed by atoms with Crippen molar-refractivity contribution in [3.05, 3.63) is 35.9 Å². The third kappa shape index (κ3) is 4.32. The average Bonchev–Trinajstić information content (AvgIpc) is 2.53. The SMILES string of the molecule is CNC(COCc1ccccc1)C(=O)N1CCCCC1. The third-order valence-corrected chi connectivity index (χ3v) is 3.71. The molecular formula is C16H24N2O2. The first-order valence-electron chi connectivity index (χ1n) is 7.39. The summed E-state index contributed by atoms with van der Waals surface area (Å²) in [6.07, 6.45) is 3.47. The first kappa shape index (κ1) is 15.0. The van der Waals surface area contributed by atoms with E-state index in [2.05, 4.69) is 5.32 Å². The van der Waals surface area contributed by atoms with E-state index in [1.54, 1.807) is 0 Å². The normalized spacial score (nSPS) is 16.9. The maximum absolute atomic E-state index is 12.4. The number of nitrogens with zero attached hydrogens (tertiary/aromatic N) is 1. The molecule has 0 saturated carbocycles. The Morgan fingerprint density at radius 1 is 1.25 bits per heavy atom. The summed E-state index contributed by atoms with van der Waals surface area (Å²) >= 11 is 0. The molecule has 1 atom stereocenters. The maximum atomic E-state index is 12.4. The molecule has 1 amide bonds. The van der Waals surface area contributed by atoms with Crippen molar-refractivity contribution in [3.63, 3.8) is 0 Å². The molecule has 1 heterocycles. The Morgan fingerprint density at radius 2 is 1.95 bits per heavy atom. The summed E-state index contributed by atoms with van der Waals surface area (Å²) < 4.78 is 5.67. The van der Waals surface area contributed by atoms with E-state index < -0.39 is 0 Å². The summed E-state index contributed by atoms with van der Waals surface area (Å²) in [5, 5.41) is 3.07. The van der Waals surface area contributed by atoms with Crippen LogP contribution in [0.15, 0.2) is 30.3 Å². The second-order valence-corrected chi connectivity index (χ2v) is 5.23. The van der Waals surface area contributed by atoms with Crippen LogP contribution >= 0.6 is 0 Å². The van der Waals surface area contributed by atoms with Crippen molar-refractivity contribution in [2.24, 2.45) is 0 Å². The molecule has 1 aromatic rings. The van der Waals surface area contributed by atoms with Gasteiger partial charge in [0.15, 0.2) is 0 Å². The zero-order chi connectivity index (χ0) is 14.2. The summed E-state index contributed by atoms with van der Waals surface area (Å²) in [6.45, 7) is 2.73. The van der Waals surface area contributed by atoms with Crippen LogP contribution in [0.2, 0.25) is 0 Å². The summed E-state index contributed by atoms with van der Waals surface area (Å²) in [5.41, 5.74) is 1.13. The number of nitrogens with one attached hydrogen (secondary N) is 1. The highest BCUT2D eigenvalue weighted by Gasteiger charge is 2.24. The number of ether oxygens (including phenoxy) is 1. The van der Waals surface area contributed by atoms with E-state index in [1.165, 1.54) is 6.42 Å². The van der Waals surface area contributed by atoms with Crippen LogP contribution in [0.3, 0.4) is 0 Å². The van der Waals surface area contributed by atoms with E-state index >= 15 is 0 Å². The summed E-state index contributed by atoms with van der Waals surface area (Å²) in [7, 11) is 1.82. The van der Waals surface area contributed by atoms with Gasteiger partial charge < -0.3 is 15.0 Å². The fourth-order valence-corrected chi connectivity index (χ4v) is 2.48. The molecule has 1 saturated heterocycles. The molecule has 1 unspecified atom stereocenters. The molecule has 0 aromatic heterocycles. The van der Waals surface area contributed by atoms with Crippen molar-refractivity contribution in [1.82, 2.24) is 10.2 Å². The number of likely N-dealkylation sites (tertiary alicyclic amines) is 1. The highest BCUT2D eigenvalue weighted by Crippen LogP contribution is 2.10. The van der Waals surface area contributed by atoms with Gasteiger partial charge in [0.05, 0.1) is 13.2 Å². The molecule has 0 bridgehead atoms. The summed E-state index contributed by atoms with van der Waals surface area (Å²) in [4.78, 5) is 14.3. The number of hydrogen-bond donors (Lipinski definition) is 1. The number of benzene rings is 1. The number of piperidine rings is 1. The van der Waals surface area contributed by atoms with Crippen molar-refractivity contribution in [1.29, 1.82) is 0 Å². The first-order chi connectivity index (χ1) is 9.81. The van der Waals surface area contributed by atoms with Crippen LogP contribution in [0, 0.1) is 0 Å². The molecule has 2 rings (SSSR count). The van der Waals surface area contributed by atoms with Crippen LogP contribution in [0.4, 0.5) is 0 Å². The van der Waals surface area contributed by atoms with Gasteiger partial charge in [-0.05, 0) is 31.9 Å². The average molecular weight is 276 g/mol. The number of carbonyl (C=O) groups is 1. The first-order valence-corrected chi connectivity index (χ1v) is 7.39. The Bertz CT molecular complexity index is 402. The minimum atomic E-state index is -0.239. The minimum Gasteiger partial charge on any atom is -0.375 e. The molecule has 1 aromatic carbocycles. The lowest BCUT2D eigenvalue weighted by Gasteiger charge is -2.30. The molecule has 4 nitrogen and oxygen atoms in total. The minimum absolute atomic E-state index is 0.167. The van der Waals surface area contributed by atoms with Crippen LogP contribution in [0.25, 0.3) is 0 Å². The lowest BCUT2D eigenvalue weighted by Crippen LogP contribution is -2.49. The van der Waals surface area contributed by atoms with Crippen LogP contribution < -0.4 is 5.32 Å². The monoisotopic (exact) mass is 276 g/mol. The molecule has 20 heavy (non-hydrogen) atoms. The zero-order valence-corrected chi connectivity index (χ0v) is 12.2. The van der Waals surface area contributed by atoms with Gasteiger partial charge in [-0.3, -0.25) is 4.79 Å². The van der Waals surface area contributed by atoms with Gasteiger partial charge in [0.2, 0.25) is 5.91 Å². The van der Waals surface area contributed by atoms with E-state index in [0.717, 1.165) is 31.5 Å². The second-order valence-electron chi connectivity index (χ2n) is 5.23. The van der Waals surface area contributed by atoms with Gasteiger partial charge in [0, 0.05) is 13.1 Å². The van der Waals surface area contributed by atoms with Gasteiger partial charge >= 0.3 is 0 Å². The number of amides is 1. The molecule has 1 N–H and O–H groups in total. The number of hydrogen-bond acceptors (Lipinski definition) is 3. The Balaban J connectivity index is 1.78. The Morgan fingerprint density at radius 3 is 2.60 bits per heavy atom. The van der Waals surface area contributed by atoms with Crippen molar-refractivity contribution in [2.75, 3.05) is 26.7 Å². The van der Waals surface area contributed by atoms with Gasteiger partial charge in [-0.25, -0.2) is 0 Å². The van der Waals surface area contributed by atoms with Crippen molar-refractivity contribution < 1.29 is 9.53 Å². The van der Waals surface area contributed by atoms with Gasteiger partial charge in [0.1, 0.15) is 6.04 Å². The topological polar surface area (TPSA) is 41.6 Å². The second kappa shape index (κ2) is 8.02. The maximum Gasteiger partial charge on any atom is 0.242 e. The number of rotatable bonds is 6. The summed E-state index contributed by atoms with van der Waals surface area (Å²) in [5.74, 6) is 0.167. The van der Waals surface area contributed by atoms with Gasteiger partial charge in [-0.2, -0.15) is 0 Å². The Hall–Kier alpha value is -1.39. The lowest BCUT2D eigenvalue weighted by molar-refractivity contribution is -0.136. The van der Waals surface area contributed by atoms with Crippen molar-refractivity contribution >= 4 is 5.91 Å². The zero-order valence-electron chi connectivity index (χ0n) is 12.2. The highest BCUT2D eigenvalue weighted by atomic mass is 16.5. The predicted octanol–water partition coefficient (Wildman–Crippen LogP) is 1.80. The third-order valence-electron chi connectivity index (χ3n) is 3.71.